The molecule has 0 aliphatic heterocycles. The highest BCUT2D eigenvalue weighted by Gasteiger charge is 2.25. The summed E-state index contributed by atoms with van der Waals surface area (Å²) in [6.45, 7) is 3.48. The van der Waals surface area contributed by atoms with Gasteiger partial charge in [-0.2, -0.15) is 0 Å². The zero-order valence-electron chi connectivity index (χ0n) is 19.7. The van der Waals surface area contributed by atoms with E-state index in [9.17, 15) is 9.90 Å². The minimum absolute atomic E-state index is 0. The lowest BCUT2D eigenvalue weighted by Gasteiger charge is -2.16. The second kappa shape index (κ2) is 10.9. The molecule has 0 fully saturated rings. The van der Waals surface area contributed by atoms with E-state index in [4.69, 9.17) is 18.7 Å². The third kappa shape index (κ3) is 5.63. The van der Waals surface area contributed by atoms with Gasteiger partial charge in [-0.1, -0.05) is 32.5 Å². The summed E-state index contributed by atoms with van der Waals surface area (Å²) in [5, 5.41) is 19.2. The van der Waals surface area contributed by atoms with Crippen molar-refractivity contribution in [3.05, 3.63) is 54.6 Å². The van der Waals surface area contributed by atoms with Crippen molar-refractivity contribution in [2.24, 2.45) is 0 Å². The van der Waals surface area contributed by atoms with Crippen LogP contribution in [0.2, 0.25) is 0 Å². The number of fused-ring (bicyclic) bond motifs is 1. The van der Waals surface area contributed by atoms with E-state index in [1.54, 1.807) is 70.5 Å². The fourth-order valence-electron chi connectivity index (χ4n) is 3.20. The normalized spacial score (nSPS) is 10.9. The van der Waals surface area contributed by atoms with Gasteiger partial charge in [0.15, 0.2) is 17.3 Å². The lowest BCUT2D eigenvalue weighted by atomic mass is 9.92. The van der Waals surface area contributed by atoms with Crippen LogP contribution in [-0.4, -0.2) is 47.1 Å². The van der Waals surface area contributed by atoms with Crippen molar-refractivity contribution >= 4 is 28.4 Å². The maximum Gasteiger partial charge on any atom is 0.324 e. The van der Waals surface area contributed by atoms with Crippen molar-refractivity contribution in [2.45, 2.75) is 26.7 Å². The Hall–Kier alpha value is -4.38. The van der Waals surface area contributed by atoms with E-state index in [-0.39, 0.29) is 19.9 Å². The molecule has 0 radical (unpaired) electrons. The Morgan fingerprint density at radius 3 is 2.53 bits per heavy atom. The predicted octanol–water partition coefficient (Wildman–Crippen LogP) is 4.98. The molecular formula is C25H29N5O6. The van der Waals surface area contributed by atoms with Crippen LogP contribution in [0.5, 0.6) is 23.1 Å². The highest BCUT2D eigenvalue weighted by Crippen LogP contribution is 2.36. The SMILES string of the molecule is C.COc1cc2ncnc(Oc3cccc(NC(=O)Nc4cc(C(C)(C)CO)on4)c3)c2cc1OC. The van der Waals surface area contributed by atoms with Crippen LogP contribution in [0.1, 0.15) is 27.0 Å². The van der Waals surface area contributed by atoms with Crippen LogP contribution in [0.15, 0.2) is 53.3 Å². The van der Waals surface area contributed by atoms with Crippen molar-refractivity contribution in [2.75, 3.05) is 31.5 Å². The van der Waals surface area contributed by atoms with Crippen molar-refractivity contribution < 1.29 is 28.6 Å². The number of nitrogens with zero attached hydrogens (tertiary/aromatic N) is 3. The van der Waals surface area contributed by atoms with Crippen molar-refractivity contribution in [3.8, 4) is 23.1 Å². The van der Waals surface area contributed by atoms with Crippen LogP contribution in [0.25, 0.3) is 10.9 Å². The summed E-state index contributed by atoms with van der Waals surface area (Å²) in [5.41, 5.74) is 0.491. The molecular weight excluding hydrogens is 466 g/mol. The number of carbonyl (C=O) groups is 1. The molecule has 190 valence electrons. The Kier molecular flexibility index (Phi) is 7.95. The summed E-state index contributed by atoms with van der Waals surface area (Å²) in [6.07, 6.45) is 1.39. The Bertz CT molecular complexity index is 1350. The Morgan fingerprint density at radius 2 is 1.81 bits per heavy atom. The largest absolute Gasteiger partial charge is 0.493 e. The van der Waals surface area contributed by atoms with Gasteiger partial charge in [0.05, 0.1) is 31.7 Å². The van der Waals surface area contributed by atoms with Crippen molar-refractivity contribution in [3.63, 3.8) is 0 Å². The number of aliphatic hydroxyl groups excluding tert-OH is 1. The minimum atomic E-state index is -0.616. The van der Waals surface area contributed by atoms with E-state index in [0.717, 1.165) is 0 Å². The molecule has 2 heterocycles. The summed E-state index contributed by atoms with van der Waals surface area (Å²) >= 11 is 0. The topological polar surface area (TPSA) is 141 Å². The van der Waals surface area contributed by atoms with Crippen LogP contribution < -0.4 is 24.8 Å². The maximum atomic E-state index is 12.4. The molecule has 3 N–H and O–H groups in total. The molecule has 0 saturated heterocycles. The number of urea groups is 1. The molecule has 4 rings (SSSR count). The molecule has 4 aromatic rings. The fraction of sp³-hybridized carbons (Fsp3) is 0.280. The molecule has 2 amide bonds. The van der Waals surface area contributed by atoms with Gasteiger partial charge in [-0.25, -0.2) is 14.8 Å². The Morgan fingerprint density at radius 1 is 1.06 bits per heavy atom. The molecule has 0 spiro atoms. The number of aliphatic hydroxyl groups is 1. The monoisotopic (exact) mass is 495 g/mol. The molecule has 0 atom stereocenters. The van der Waals surface area contributed by atoms with E-state index in [0.29, 0.717) is 45.5 Å². The molecule has 2 aromatic carbocycles. The predicted molar refractivity (Wildman–Crippen MR) is 135 cm³/mol. The van der Waals surface area contributed by atoms with Crippen molar-refractivity contribution in [1.82, 2.24) is 15.1 Å². The molecule has 0 aliphatic carbocycles. The number of benzene rings is 2. The van der Waals surface area contributed by atoms with E-state index in [1.165, 1.54) is 6.33 Å². The van der Waals surface area contributed by atoms with Crippen LogP contribution in [0, 0.1) is 0 Å². The van der Waals surface area contributed by atoms with E-state index in [1.807, 2.05) is 0 Å². The zero-order chi connectivity index (χ0) is 25.0. The molecule has 11 nitrogen and oxygen atoms in total. The van der Waals surface area contributed by atoms with Gasteiger partial charge < -0.3 is 29.2 Å². The summed E-state index contributed by atoms with van der Waals surface area (Å²) < 4.78 is 21.9. The summed E-state index contributed by atoms with van der Waals surface area (Å²) in [5.74, 6) is 2.51. The van der Waals surface area contributed by atoms with E-state index in [2.05, 4.69) is 25.8 Å². The summed E-state index contributed by atoms with van der Waals surface area (Å²) in [6, 6.07) is 11.4. The van der Waals surface area contributed by atoms with Crippen LogP contribution in [0.3, 0.4) is 0 Å². The van der Waals surface area contributed by atoms with Gasteiger partial charge in [0.1, 0.15) is 17.8 Å². The van der Waals surface area contributed by atoms with Gasteiger partial charge in [0.2, 0.25) is 5.88 Å². The van der Waals surface area contributed by atoms with Gasteiger partial charge in [-0.05, 0) is 18.2 Å². The molecule has 11 heteroatoms. The van der Waals surface area contributed by atoms with Gasteiger partial charge in [-0.15, -0.1) is 0 Å². The number of methoxy groups -OCH3 is 2. The lowest BCUT2D eigenvalue weighted by Crippen LogP contribution is -2.21. The Labute approximate surface area is 208 Å². The number of aromatic nitrogens is 3. The number of amides is 2. The number of anilines is 2. The molecule has 36 heavy (non-hydrogen) atoms. The zero-order valence-corrected chi connectivity index (χ0v) is 19.7. The second-order valence-electron chi connectivity index (χ2n) is 8.23. The smallest absolute Gasteiger partial charge is 0.324 e. The van der Waals surface area contributed by atoms with Crippen LogP contribution >= 0.6 is 0 Å². The van der Waals surface area contributed by atoms with Gasteiger partial charge in [-0.3, -0.25) is 5.32 Å². The molecule has 0 saturated carbocycles. The fourth-order valence-corrected chi connectivity index (χ4v) is 3.20. The van der Waals surface area contributed by atoms with Gasteiger partial charge in [0.25, 0.3) is 0 Å². The summed E-state index contributed by atoms with van der Waals surface area (Å²) in [7, 11) is 3.09. The minimum Gasteiger partial charge on any atom is -0.493 e. The first-order chi connectivity index (χ1) is 16.8. The number of carbonyl (C=O) groups excluding carboxylic acids is 1. The quantitative estimate of drug-likeness (QED) is 0.309. The standard InChI is InChI=1S/C24H25N5O6.CH4/c1-24(2,12-30)20-11-21(29-35-20)28-23(31)27-14-6-5-7-15(8-14)34-22-16-9-18(32-3)19(33-4)10-17(16)25-13-26-22;/h5-11,13,30H,12H2,1-4H3,(H2,27,28,29,31);1H4. The first kappa shape index (κ1) is 26.2. The van der Waals surface area contributed by atoms with E-state index < -0.39 is 11.4 Å². The first-order valence-corrected chi connectivity index (χ1v) is 10.6. The second-order valence-corrected chi connectivity index (χ2v) is 8.23. The third-order valence-corrected chi connectivity index (χ3v) is 5.22. The lowest BCUT2D eigenvalue weighted by molar-refractivity contribution is 0.187. The van der Waals surface area contributed by atoms with Crippen LogP contribution in [0.4, 0.5) is 16.3 Å². The maximum absolute atomic E-state index is 12.4. The van der Waals surface area contributed by atoms with Gasteiger partial charge in [0, 0.05) is 29.3 Å². The number of ether oxygens (including phenoxy) is 3. The molecule has 2 aromatic heterocycles. The molecule has 0 unspecified atom stereocenters. The molecule has 0 aliphatic rings. The average molecular weight is 496 g/mol. The Balaban J connectivity index is 0.00000361. The van der Waals surface area contributed by atoms with Crippen LogP contribution in [-0.2, 0) is 5.41 Å². The number of rotatable bonds is 8. The third-order valence-electron chi connectivity index (χ3n) is 5.22. The average Bonchev–Trinajstić information content (AvgIpc) is 3.33. The first-order valence-electron chi connectivity index (χ1n) is 10.6. The highest BCUT2D eigenvalue weighted by atomic mass is 16.5. The van der Waals surface area contributed by atoms with Gasteiger partial charge >= 0.3 is 6.03 Å². The number of hydrogen-bond donors (Lipinski definition) is 3. The van der Waals surface area contributed by atoms with Crippen molar-refractivity contribution in [1.29, 1.82) is 0 Å². The molecule has 0 bridgehead atoms. The summed E-state index contributed by atoms with van der Waals surface area (Å²) in [4.78, 5) is 21.0. The van der Waals surface area contributed by atoms with E-state index >= 15 is 0 Å². The number of hydrogen-bond acceptors (Lipinski definition) is 9. The highest BCUT2D eigenvalue weighted by molar-refractivity contribution is 5.99. The number of nitrogens with one attached hydrogen (secondary N) is 2.